The second kappa shape index (κ2) is 7.27. The van der Waals surface area contributed by atoms with Gasteiger partial charge in [-0.1, -0.05) is 18.7 Å². The molecule has 2 aromatic rings. The molecule has 2 rings (SSSR count). The Morgan fingerprint density at radius 3 is 1.82 bits per heavy atom. The fourth-order valence-electron chi connectivity index (χ4n) is 2.21. The molecule has 2 aromatic carbocycles. The van der Waals surface area contributed by atoms with Crippen molar-refractivity contribution in [2.24, 2.45) is 0 Å². The van der Waals surface area contributed by atoms with E-state index in [0.717, 1.165) is 16.7 Å². The number of ether oxygens (including phenoxy) is 3. The first-order chi connectivity index (χ1) is 10.6. The third-order valence-electron chi connectivity index (χ3n) is 3.45. The summed E-state index contributed by atoms with van der Waals surface area (Å²) in [6.45, 7) is 4.20. The molecular weight excluding hydrogens is 296 g/mol. The summed E-state index contributed by atoms with van der Waals surface area (Å²) in [5, 5.41) is 0. The molecule has 22 heavy (non-hydrogen) atoms. The fourth-order valence-corrected chi connectivity index (χ4v) is 2.62. The van der Waals surface area contributed by atoms with Crippen LogP contribution in [0.5, 0.6) is 17.2 Å². The monoisotopic (exact) mass is 316 g/mol. The first kappa shape index (κ1) is 16.3. The first-order valence-corrected chi connectivity index (χ1v) is 8.00. The Morgan fingerprint density at radius 2 is 1.41 bits per heavy atom. The van der Waals surface area contributed by atoms with Crippen molar-refractivity contribution in [3.63, 3.8) is 0 Å². The lowest BCUT2D eigenvalue weighted by molar-refractivity contribution is 0.324. The lowest BCUT2D eigenvalue weighted by Gasteiger charge is -2.15. The van der Waals surface area contributed by atoms with E-state index >= 15 is 0 Å². The second-order valence-electron chi connectivity index (χ2n) is 4.62. The quantitative estimate of drug-likeness (QED) is 0.734. The van der Waals surface area contributed by atoms with Crippen LogP contribution in [0.1, 0.15) is 11.1 Å². The zero-order valence-electron chi connectivity index (χ0n) is 13.3. The minimum Gasteiger partial charge on any atom is -0.493 e. The zero-order chi connectivity index (χ0) is 16.1. The summed E-state index contributed by atoms with van der Waals surface area (Å²) in [5.74, 6) is 1.83. The Hall–Kier alpha value is -2.07. The molecule has 0 aromatic heterocycles. The van der Waals surface area contributed by atoms with Crippen LogP contribution in [-0.2, 0) is 0 Å². The summed E-state index contributed by atoms with van der Waals surface area (Å²) >= 11 is 1.72. The van der Waals surface area contributed by atoms with E-state index in [4.69, 9.17) is 14.2 Å². The van der Waals surface area contributed by atoms with Gasteiger partial charge in [-0.25, -0.2) is 0 Å². The van der Waals surface area contributed by atoms with E-state index in [1.807, 2.05) is 12.1 Å². The molecule has 0 heterocycles. The van der Waals surface area contributed by atoms with Gasteiger partial charge in [0.15, 0.2) is 11.5 Å². The zero-order valence-corrected chi connectivity index (χ0v) is 14.1. The second-order valence-corrected chi connectivity index (χ2v) is 5.50. The summed E-state index contributed by atoms with van der Waals surface area (Å²) < 4.78 is 16.1. The van der Waals surface area contributed by atoms with Crippen molar-refractivity contribution in [3.05, 3.63) is 54.1 Å². The Balaban J connectivity index is 2.44. The lowest BCUT2D eigenvalue weighted by Crippen LogP contribution is -1.97. The van der Waals surface area contributed by atoms with Crippen LogP contribution >= 0.6 is 11.8 Å². The normalized spacial score (nSPS) is 10.2. The SMILES string of the molecule is C=C(c1ccc(SC)cc1)c1cc(OC)c(OC)c(OC)c1. The Labute approximate surface area is 135 Å². The van der Waals surface area contributed by atoms with E-state index in [0.29, 0.717) is 17.2 Å². The van der Waals surface area contributed by atoms with Gasteiger partial charge in [0.25, 0.3) is 0 Å². The Morgan fingerprint density at radius 1 is 0.864 bits per heavy atom. The molecule has 0 saturated carbocycles. The Kier molecular flexibility index (Phi) is 5.39. The smallest absolute Gasteiger partial charge is 0.203 e. The van der Waals surface area contributed by atoms with Crippen molar-refractivity contribution in [2.45, 2.75) is 4.90 Å². The van der Waals surface area contributed by atoms with E-state index in [2.05, 4.69) is 37.1 Å². The summed E-state index contributed by atoms with van der Waals surface area (Å²) in [4.78, 5) is 1.22. The van der Waals surface area contributed by atoms with Gasteiger partial charge in [-0.15, -0.1) is 11.8 Å². The third-order valence-corrected chi connectivity index (χ3v) is 4.20. The van der Waals surface area contributed by atoms with Crippen molar-refractivity contribution in [3.8, 4) is 17.2 Å². The average Bonchev–Trinajstić information content (AvgIpc) is 2.59. The molecule has 0 aliphatic rings. The van der Waals surface area contributed by atoms with Gasteiger partial charge >= 0.3 is 0 Å². The maximum absolute atomic E-state index is 5.39. The summed E-state index contributed by atoms with van der Waals surface area (Å²) in [5.41, 5.74) is 2.91. The predicted octanol–water partition coefficient (Wildman–Crippen LogP) is 4.50. The van der Waals surface area contributed by atoms with E-state index in [1.54, 1.807) is 33.1 Å². The van der Waals surface area contributed by atoms with Gasteiger partial charge in [0, 0.05) is 4.90 Å². The molecule has 3 nitrogen and oxygen atoms in total. The number of benzene rings is 2. The summed E-state index contributed by atoms with van der Waals surface area (Å²) in [6, 6.07) is 12.1. The molecule has 0 aliphatic carbocycles. The van der Waals surface area contributed by atoms with Crippen molar-refractivity contribution in [1.82, 2.24) is 0 Å². The molecular formula is C18H20O3S. The van der Waals surface area contributed by atoms with E-state index < -0.39 is 0 Å². The maximum atomic E-state index is 5.39. The fraction of sp³-hybridized carbons (Fsp3) is 0.222. The van der Waals surface area contributed by atoms with Crippen LogP contribution in [0.15, 0.2) is 47.9 Å². The van der Waals surface area contributed by atoms with Gasteiger partial charge in [0.05, 0.1) is 21.3 Å². The molecule has 0 atom stereocenters. The molecule has 0 saturated heterocycles. The van der Waals surface area contributed by atoms with E-state index in [1.165, 1.54) is 4.90 Å². The minimum atomic E-state index is 0.583. The van der Waals surface area contributed by atoms with Crippen LogP contribution in [0, 0.1) is 0 Å². The molecule has 0 spiro atoms. The predicted molar refractivity (Wildman–Crippen MR) is 92.5 cm³/mol. The van der Waals surface area contributed by atoms with E-state index in [9.17, 15) is 0 Å². The standard InChI is InChI=1S/C18H20O3S/c1-12(13-6-8-15(22-5)9-7-13)14-10-16(19-2)18(21-4)17(11-14)20-3/h6-11H,1H2,2-5H3. The molecule has 116 valence electrons. The van der Waals surface area contributed by atoms with Crippen molar-refractivity contribution in [2.75, 3.05) is 27.6 Å². The molecule has 4 heteroatoms. The number of rotatable bonds is 6. The van der Waals surface area contributed by atoms with Crippen LogP contribution in [0.3, 0.4) is 0 Å². The molecule has 0 amide bonds. The number of thioether (sulfide) groups is 1. The molecule has 0 bridgehead atoms. The van der Waals surface area contributed by atoms with Gasteiger partial charge in [0.1, 0.15) is 0 Å². The minimum absolute atomic E-state index is 0.583. The highest BCUT2D eigenvalue weighted by molar-refractivity contribution is 7.98. The molecule has 0 aliphatic heterocycles. The van der Waals surface area contributed by atoms with Crippen molar-refractivity contribution < 1.29 is 14.2 Å². The van der Waals surface area contributed by atoms with Gasteiger partial charge < -0.3 is 14.2 Å². The largest absolute Gasteiger partial charge is 0.493 e. The Bertz CT molecular complexity index is 638. The number of hydrogen-bond donors (Lipinski definition) is 0. The summed E-state index contributed by atoms with van der Waals surface area (Å²) in [7, 11) is 4.81. The maximum Gasteiger partial charge on any atom is 0.203 e. The van der Waals surface area contributed by atoms with Crippen LogP contribution in [0.2, 0.25) is 0 Å². The van der Waals surface area contributed by atoms with Gasteiger partial charge in [0.2, 0.25) is 5.75 Å². The number of methoxy groups -OCH3 is 3. The summed E-state index contributed by atoms with van der Waals surface area (Å²) in [6.07, 6.45) is 2.06. The topological polar surface area (TPSA) is 27.7 Å². The van der Waals surface area contributed by atoms with E-state index in [-0.39, 0.29) is 0 Å². The lowest BCUT2D eigenvalue weighted by atomic mass is 9.99. The van der Waals surface area contributed by atoms with Gasteiger partial charge in [-0.05, 0) is 47.2 Å². The highest BCUT2D eigenvalue weighted by Crippen LogP contribution is 2.40. The molecule has 0 fully saturated rings. The molecule has 0 radical (unpaired) electrons. The first-order valence-electron chi connectivity index (χ1n) is 6.78. The molecule has 0 unspecified atom stereocenters. The number of hydrogen-bond acceptors (Lipinski definition) is 4. The van der Waals surface area contributed by atoms with Crippen molar-refractivity contribution >= 4 is 17.3 Å². The van der Waals surface area contributed by atoms with Crippen LogP contribution in [0.4, 0.5) is 0 Å². The highest BCUT2D eigenvalue weighted by Gasteiger charge is 2.15. The average molecular weight is 316 g/mol. The van der Waals surface area contributed by atoms with Crippen LogP contribution in [0.25, 0.3) is 5.57 Å². The van der Waals surface area contributed by atoms with Crippen LogP contribution < -0.4 is 14.2 Å². The molecule has 0 N–H and O–H groups in total. The van der Waals surface area contributed by atoms with Gasteiger partial charge in [-0.2, -0.15) is 0 Å². The van der Waals surface area contributed by atoms with Crippen LogP contribution in [-0.4, -0.2) is 27.6 Å². The van der Waals surface area contributed by atoms with Gasteiger partial charge in [-0.3, -0.25) is 0 Å². The highest BCUT2D eigenvalue weighted by atomic mass is 32.2. The third kappa shape index (κ3) is 3.22. The van der Waals surface area contributed by atoms with Crippen molar-refractivity contribution in [1.29, 1.82) is 0 Å².